The summed E-state index contributed by atoms with van der Waals surface area (Å²) in [5.74, 6) is 2.11. The molecule has 136 valence electrons. The maximum absolute atomic E-state index is 6.28. The topological polar surface area (TPSA) is 37.0 Å². The molecule has 1 aliphatic rings. The molecule has 2 aromatic carbocycles. The summed E-state index contributed by atoms with van der Waals surface area (Å²) in [6.07, 6.45) is 7.21. The van der Waals surface area contributed by atoms with Gasteiger partial charge >= 0.3 is 0 Å². The number of aromatic nitrogens is 1. The van der Waals surface area contributed by atoms with Crippen molar-refractivity contribution in [2.45, 2.75) is 31.6 Å². The Morgan fingerprint density at radius 2 is 1.96 bits per heavy atom. The molecular formula is C23H28N2O. The fourth-order valence-corrected chi connectivity index (χ4v) is 3.91. The molecule has 2 N–H and O–H groups in total. The first-order valence-electron chi connectivity index (χ1n) is 9.79. The smallest absolute Gasteiger partial charge is 0.128 e. The van der Waals surface area contributed by atoms with Gasteiger partial charge in [-0.25, -0.2) is 0 Å². The molecular weight excluding hydrogens is 320 g/mol. The summed E-state index contributed by atoms with van der Waals surface area (Å²) >= 11 is 0. The van der Waals surface area contributed by atoms with Crippen LogP contribution in [-0.4, -0.2) is 25.2 Å². The van der Waals surface area contributed by atoms with Crippen molar-refractivity contribution in [2.24, 2.45) is 5.92 Å². The van der Waals surface area contributed by atoms with Crippen LogP contribution in [0.5, 0.6) is 5.75 Å². The van der Waals surface area contributed by atoms with Gasteiger partial charge in [0.2, 0.25) is 0 Å². The van der Waals surface area contributed by atoms with Gasteiger partial charge in [0.25, 0.3) is 0 Å². The van der Waals surface area contributed by atoms with Crippen LogP contribution >= 0.6 is 0 Å². The lowest BCUT2D eigenvalue weighted by Gasteiger charge is -2.25. The highest BCUT2D eigenvalue weighted by Gasteiger charge is 2.22. The maximum atomic E-state index is 6.28. The molecule has 1 atom stereocenters. The maximum Gasteiger partial charge on any atom is 0.128 e. The molecule has 0 bridgehead atoms. The van der Waals surface area contributed by atoms with Crippen LogP contribution in [-0.2, 0) is 0 Å². The molecule has 26 heavy (non-hydrogen) atoms. The molecule has 3 aromatic rings. The van der Waals surface area contributed by atoms with E-state index in [0.29, 0.717) is 5.92 Å². The van der Waals surface area contributed by atoms with Crippen LogP contribution in [0.1, 0.15) is 42.7 Å². The van der Waals surface area contributed by atoms with E-state index in [2.05, 4.69) is 65.0 Å². The van der Waals surface area contributed by atoms with Crippen LogP contribution in [0.15, 0.2) is 54.7 Å². The van der Waals surface area contributed by atoms with Crippen LogP contribution in [0.25, 0.3) is 10.9 Å². The first kappa shape index (κ1) is 17.2. The molecule has 0 amide bonds. The minimum absolute atomic E-state index is 0.353. The first-order chi connectivity index (χ1) is 12.9. The number of rotatable bonds is 8. The van der Waals surface area contributed by atoms with Gasteiger partial charge in [-0.05, 0) is 62.0 Å². The quantitative estimate of drug-likeness (QED) is 0.595. The Morgan fingerprint density at radius 3 is 2.69 bits per heavy atom. The van der Waals surface area contributed by atoms with Crippen molar-refractivity contribution in [1.82, 2.24) is 10.3 Å². The zero-order valence-corrected chi connectivity index (χ0v) is 15.5. The minimum atomic E-state index is 0.353. The van der Waals surface area contributed by atoms with Gasteiger partial charge in [0.1, 0.15) is 5.75 Å². The van der Waals surface area contributed by atoms with Crippen LogP contribution in [0, 0.1) is 5.92 Å². The zero-order valence-electron chi connectivity index (χ0n) is 15.5. The van der Waals surface area contributed by atoms with Gasteiger partial charge in [-0.2, -0.15) is 0 Å². The number of H-pyrrole nitrogens is 1. The molecule has 1 aliphatic carbocycles. The van der Waals surface area contributed by atoms with E-state index in [1.54, 1.807) is 0 Å². The van der Waals surface area contributed by atoms with Crippen molar-refractivity contribution in [3.05, 3.63) is 65.9 Å². The molecule has 1 saturated carbocycles. The minimum Gasteiger partial charge on any atom is -0.493 e. The molecule has 1 fully saturated rings. The molecule has 0 spiro atoms. The van der Waals surface area contributed by atoms with Crippen molar-refractivity contribution >= 4 is 10.9 Å². The largest absolute Gasteiger partial charge is 0.493 e. The van der Waals surface area contributed by atoms with E-state index in [1.165, 1.54) is 35.8 Å². The van der Waals surface area contributed by atoms with Gasteiger partial charge in [0, 0.05) is 23.0 Å². The van der Waals surface area contributed by atoms with Crippen molar-refractivity contribution in [3.8, 4) is 5.75 Å². The molecule has 3 heteroatoms. The third-order valence-electron chi connectivity index (χ3n) is 5.66. The molecule has 1 unspecified atom stereocenters. The van der Waals surface area contributed by atoms with Crippen LogP contribution in [0.3, 0.4) is 0 Å². The molecule has 3 nitrogen and oxygen atoms in total. The number of benzene rings is 2. The lowest BCUT2D eigenvalue weighted by Crippen LogP contribution is -2.19. The third-order valence-corrected chi connectivity index (χ3v) is 5.66. The Labute approximate surface area is 155 Å². The number of hydrogen-bond acceptors (Lipinski definition) is 2. The predicted octanol–water partition coefficient (Wildman–Crippen LogP) is 5.09. The summed E-state index contributed by atoms with van der Waals surface area (Å²) in [6.45, 7) is 1.83. The van der Waals surface area contributed by atoms with E-state index < -0.39 is 0 Å². The highest BCUT2D eigenvalue weighted by Crippen LogP contribution is 2.38. The van der Waals surface area contributed by atoms with Crippen molar-refractivity contribution < 1.29 is 4.74 Å². The van der Waals surface area contributed by atoms with E-state index in [1.807, 2.05) is 7.05 Å². The van der Waals surface area contributed by atoms with E-state index in [-0.39, 0.29) is 0 Å². The van der Waals surface area contributed by atoms with Gasteiger partial charge < -0.3 is 15.0 Å². The van der Waals surface area contributed by atoms with E-state index in [4.69, 9.17) is 4.74 Å². The van der Waals surface area contributed by atoms with Crippen molar-refractivity contribution in [3.63, 3.8) is 0 Å². The third kappa shape index (κ3) is 3.49. The first-order valence-corrected chi connectivity index (χ1v) is 9.79. The van der Waals surface area contributed by atoms with Crippen LogP contribution in [0.2, 0.25) is 0 Å². The van der Waals surface area contributed by atoms with Gasteiger partial charge in [0.15, 0.2) is 0 Å². The molecule has 0 saturated heterocycles. The Bertz CT molecular complexity index is 836. The fraction of sp³-hybridized carbons (Fsp3) is 0.391. The lowest BCUT2D eigenvalue weighted by atomic mass is 9.86. The van der Waals surface area contributed by atoms with Crippen molar-refractivity contribution in [2.75, 3.05) is 20.2 Å². The number of fused-ring (bicyclic) bond motifs is 1. The number of aromatic amines is 1. The lowest BCUT2D eigenvalue weighted by molar-refractivity contribution is 0.182. The van der Waals surface area contributed by atoms with E-state index in [0.717, 1.165) is 36.8 Å². The normalized spacial score (nSPS) is 15.7. The fourth-order valence-electron chi connectivity index (χ4n) is 3.91. The number of ether oxygens (including phenoxy) is 1. The SMILES string of the molecule is CNCCC(c1ccccc1)c1c[nH]c2cccc(OCC3CCC3)c12. The summed E-state index contributed by atoms with van der Waals surface area (Å²) in [5, 5.41) is 4.55. The Hall–Kier alpha value is -2.26. The summed E-state index contributed by atoms with van der Waals surface area (Å²) < 4.78 is 6.28. The standard InChI is InChI=1S/C23H28N2O/c1-24-14-13-19(18-9-3-2-4-10-18)20-15-25-21-11-6-12-22(23(20)21)26-16-17-7-5-8-17/h2-4,6,9-12,15,17,19,24-25H,5,7-8,13-14,16H2,1H3. The summed E-state index contributed by atoms with van der Waals surface area (Å²) in [7, 11) is 2.02. The second kappa shape index (κ2) is 7.96. The highest BCUT2D eigenvalue weighted by atomic mass is 16.5. The Balaban J connectivity index is 1.70. The zero-order chi connectivity index (χ0) is 17.8. The van der Waals surface area contributed by atoms with E-state index >= 15 is 0 Å². The second-order valence-electron chi connectivity index (χ2n) is 7.39. The summed E-state index contributed by atoms with van der Waals surface area (Å²) in [6, 6.07) is 17.2. The molecule has 1 aromatic heterocycles. The monoisotopic (exact) mass is 348 g/mol. The summed E-state index contributed by atoms with van der Waals surface area (Å²) in [5.41, 5.74) is 3.86. The summed E-state index contributed by atoms with van der Waals surface area (Å²) in [4.78, 5) is 3.47. The average Bonchev–Trinajstić information content (AvgIpc) is 3.07. The van der Waals surface area contributed by atoms with Gasteiger partial charge in [-0.15, -0.1) is 0 Å². The molecule has 4 rings (SSSR count). The van der Waals surface area contributed by atoms with E-state index in [9.17, 15) is 0 Å². The molecule has 1 heterocycles. The number of nitrogens with one attached hydrogen (secondary N) is 2. The van der Waals surface area contributed by atoms with Crippen molar-refractivity contribution in [1.29, 1.82) is 0 Å². The molecule has 0 aliphatic heterocycles. The molecule has 0 radical (unpaired) electrons. The average molecular weight is 348 g/mol. The van der Waals surface area contributed by atoms with Gasteiger partial charge in [0.05, 0.1) is 6.61 Å². The van der Waals surface area contributed by atoms with Gasteiger partial charge in [-0.1, -0.05) is 42.8 Å². The Kier molecular flexibility index (Phi) is 5.26. The Morgan fingerprint density at radius 1 is 1.12 bits per heavy atom. The number of hydrogen-bond donors (Lipinski definition) is 2. The second-order valence-corrected chi connectivity index (χ2v) is 7.39. The van der Waals surface area contributed by atoms with Crippen LogP contribution in [0.4, 0.5) is 0 Å². The predicted molar refractivity (Wildman–Crippen MR) is 108 cm³/mol. The highest BCUT2D eigenvalue weighted by molar-refractivity contribution is 5.90. The van der Waals surface area contributed by atoms with Gasteiger partial charge in [-0.3, -0.25) is 0 Å². The van der Waals surface area contributed by atoms with Crippen LogP contribution < -0.4 is 10.1 Å².